The highest BCUT2D eigenvalue weighted by molar-refractivity contribution is 7.22. The van der Waals surface area contributed by atoms with Gasteiger partial charge in [-0.05, 0) is 71.1 Å². The summed E-state index contributed by atoms with van der Waals surface area (Å²) in [6.45, 7) is 9.61. The van der Waals surface area contributed by atoms with Crippen molar-refractivity contribution in [1.82, 2.24) is 9.88 Å². The third kappa shape index (κ3) is 4.37. The summed E-state index contributed by atoms with van der Waals surface area (Å²) in [6.07, 6.45) is 0. The Morgan fingerprint density at radius 2 is 1.56 bits per heavy atom. The molecule has 0 atom stereocenters. The number of benzene rings is 2. The van der Waals surface area contributed by atoms with Crippen molar-refractivity contribution in [2.45, 2.75) is 27.7 Å². The second kappa shape index (κ2) is 7.79. The SMILES string of the molecule is Cc1cc(C)cc(C(=O)N(CCN(C)C)c2nc3c(C)cc(C)cc3s2)c1. The van der Waals surface area contributed by atoms with Crippen LogP contribution in [0.5, 0.6) is 0 Å². The van der Waals surface area contributed by atoms with Crippen LogP contribution in [-0.2, 0) is 0 Å². The van der Waals surface area contributed by atoms with Crippen molar-refractivity contribution in [3.8, 4) is 0 Å². The van der Waals surface area contributed by atoms with Crippen LogP contribution in [0.4, 0.5) is 5.13 Å². The Bertz CT molecular complexity index is 970. The van der Waals surface area contributed by atoms with Gasteiger partial charge in [0.1, 0.15) is 0 Å². The lowest BCUT2D eigenvalue weighted by Crippen LogP contribution is -2.36. The van der Waals surface area contributed by atoms with Crippen LogP contribution in [0, 0.1) is 27.7 Å². The van der Waals surface area contributed by atoms with Crippen molar-refractivity contribution < 1.29 is 4.79 Å². The topological polar surface area (TPSA) is 36.4 Å². The molecule has 0 bridgehead atoms. The second-order valence-electron chi connectivity index (χ2n) is 7.56. The van der Waals surface area contributed by atoms with Gasteiger partial charge in [-0.1, -0.05) is 34.6 Å². The number of amides is 1. The first-order valence-electron chi connectivity index (χ1n) is 9.17. The van der Waals surface area contributed by atoms with Crippen LogP contribution in [0.3, 0.4) is 0 Å². The normalized spacial score (nSPS) is 11.4. The molecule has 1 aromatic heterocycles. The van der Waals surface area contributed by atoms with E-state index in [4.69, 9.17) is 4.98 Å². The lowest BCUT2D eigenvalue weighted by molar-refractivity contribution is 0.0985. The van der Waals surface area contributed by atoms with Gasteiger partial charge >= 0.3 is 0 Å². The van der Waals surface area contributed by atoms with Crippen LogP contribution in [0.1, 0.15) is 32.6 Å². The number of anilines is 1. The summed E-state index contributed by atoms with van der Waals surface area (Å²) in [5.41, 5.74) is 6.28. The summed E-state index contributed by atoms with van der Waals surface area (Å²) in [5, 5.41) is 0.768. The lowest BCUT2D eigenvalue weighted by atomic mass is 10.1. The molecule has 3 aromatic rings. The van der Waals surface area contributed by atoms with Crippen molar-refractivity contribution in [2.75, 3.05) is 32.1 Å². The van der Waals surface area contributed by atoms with Gasteiger partial charge in [-0.2, -0.15) is 0 Å². The lowest BCUT2D eigenvalue weighted by Gasteiger charge is -2.22. The first-order chi connectivity index (χ1) is 12.7. The molecule has 2 aromatic carbocycles. The second-order valence-corrected chi connectivity index (χ2v) is 8.57. The summed E-state index contributed by atoms with van der Waals surface area (Å²) in [4.78, 5) is 22.1. The Balaban J connectivity index is 2.05. The predicted molar refractivity (Wildman–Crippen MR) is 115 cm³/mol. The van der Waals surface area contributed by atoms with Gasteiger partial charge in [0.15, 0.2) is 5.13 Å². The van der Waals surface area contributed by atoms with Crippen molar-refractivity contribution in [3.63, 3.8) is 0 Å². The number of carbonyl (C=O) groups excluding carboxylic acids is 1. The molecule has 0 aliphatic heterocycles. The molecule has 1 amide bonds. The summed E-state index contributed by atoms with van der Waals surface area (Å²) < 4.78 is 1.13. The maximum atomic E-state index is 13.4. The summed E-state index contributed by atoms with van der Waals surface area (Å²) in [6, 6.07) is 10.3. The third-order valence-corrected chi connectivity index (χ3v) is 5.56. The number of fused-ring (bicyclic) bond motifs is 1. The zero-order valence-corrected chi connectivity index (χ0v) is 17.8. The summed E-state index contributed by atoms with van der Waals surface area (Å²) in [7, 11) is 4.04. The van der Waals surface area contributed by atoms with Crippen LogP contribution in [0.25, 0.3) is 10.2 Å². The average molecular weight is 382 g/mol. The van der Waals surface area contributed by atoms with E-state index in [1.165, 1.54) is 5.56 Å². The van der Waals surface area contributed by atoms with E-state index in [1.54, 1.807) is 11.3 Å². The Hall–Kier alpha value is -2.24. The Morgan fingerprint density at radius 3 is 2.19 bits per heavy atom. The zero-order valence-electron chi connectivity index (χ0n) is 17.0. The molecule has 3 rings (SSSR count). The van der Waals surface area contributed by atoms with Crippen LogP contribution in [0.15, 0.2) is 30.3 Å². The minimum atomic E-state index is 0.0112. The number of carbonyl (C=O) groups is 1. The number of likely N-dealkylation sites (N-methyl/N-ethyl adjacent to an activating group) is 1. The van der Waals surface area contributed by atoms with E-state index in [2.05, 4.69) is 36.9 Å². The Kier molecular flexibility index (Phi) is 5.63. The molecule has 0 radical (unpaired) electrons. The van der Waals surface area contributed by atoms with Gasteiger partial charge in [-0.25, -0.2) is 4.98 Å². The minimum Gasteiger partial charge on any atom is -0.308 e. The number of thiazole rings is 1. The van der Waals surface area contributed by atoms with E-state index in [0.29, 0.717) is 6.54 Å². The van der Waals surface area contributed by atoms with Crippen LogP contribution >= 0.6 is 11.3 Å². The number of aryl methyl sites for hydroxylation is 4. The zero-order chi connectivity index (χ0) is 19.7. The first kappa shape index (κ1) is 19.5. The quantitative estimate of drug-likeness (QED) is 0.640. The van der Waals surface area contributed by atoms with Crippen molar-refractivity contribution >= 4 is 32.6 Å². The van der Waals surface area contributed by atoms with E-state index >= 15 is 0 Å². The molecule has 0 N–H and O–H groups in total. The molecule has 0 saturated carbocycles. The number of hydrogen-bond acceptors (Lipinski definition) is 4. The number of rotatable bonds is 5. The Morgan fingerprint density at radius 1 is 0.926 bits per heavy atom. The fourth-order valence-electron chi connectivity index (χ4n) is 3.31. The highest BCUT2D eigenvalue weighted by atomic mass is 32.1. The van der Waals surface area contributed by atoms with Gasteiger partial charge in [0.2, 0.25) is 0 Å². The van der Waals surface area contributed by atoms with Gasteiger partial charge in [-0.3, -0.25) is 9.69 Å². The summed E-state index contributed by atoms with van der Waals surface area (Å²) >= 11 is 1.59. The Labute approximate surface area is 165 Å². The van der Waals surface area contributed by atoms with E-state index in [0.717, 1.165) is 44.1 Å². The van der Waals surface area contributed by atoms with Gasteiger partial charge < -0.3 is 4.90 Å². The van der Waals surface area contributed by atoms with Crippen LogP contribution in [0.2, 0.25) is 0 Å². The fourth-order valence-corrected chi connectivity index (χ4v) is 4.48. The van der Waals surface area contributed by atoms with Gasteiger partial charge in [-0.15, -0.1) is 0 Å². The fraction of sp³-hybridized carbons (Fsp3) is 0.364. The van der Waals surface area contributed by atoms with E-state index in [9.17, 15) is 4.79 Å². The maximum Gasteiger partial charge on any atom is 0.260 e. The van der Waals surface area contributed by atoms with Gasteiger partial charge in [0.25, 0.3) is 5.91 Å². The standard InChI is InChI=1S/C22H27N3OS/c1-14-9-15(2)12-18(11-14)21(26)25(8-7-24(5)6)22-23-20-17(4)10-16(3)13-19(20)27-22/h9-13H,7-8H2,1-6H3. The molecule has 0 saturated heterocycles. The summed E-state index contributed by atoms with van der Waals surface area (Å²) in [5.74, 6) is 0.0112. The molecule has 0 aliphatic rings. The number of aromatic nitrogens is 1. The minimum absolute atomic E-state index is 0.0112. The van der Waals surface area contributed by atoms with Crippen LogP contribution in [-0.4, -0.2) is 43.0 Å². The highest BCUT2D eigenvalue weighted by Crippen LogP contribution is 2.32. The maximum absolute atomic E-state index is 13.4. The number of hydrogen-bond donors (Lipinski definition) is 0. The van der Waals surface area contributed by atoms with Crippen LogP contribution < -0.4 is 4.90 Å². The molecule has 0 unspecified atom stereocenters. The van der Waals surface area contributed by atoms with Crippen molar-refractivity contribution in [2.24, 2.45) is 0 Å². The molecular weight excluding hydrogens is 354 g/mol. The molecule has 5 heteroatoms. The van der Waals surface area contributed by atoms with Crippen molar-refractivity contribution in [1.29, 1.82) is 0 Å². The monoisotopic (exact) mass is 381 g/mol. The molecule has 0 fully saturated rings. The molecule has 27 heavy (non-hydrogen) atoms. The highest BCUT2D eigenvalue weighted by Gasteiger charge is 2.22. The molecule has 142 valence electrons. The number of nitrogens with zero attached hydrogens (tertiary/aromatic N) is 3. The largest absolute Gasteiger partial charge is 0.308 e. The van der Waals surface area contributed by atoms with Gasteiger partial charge in [0, 0.05) is 18.7 Å². The molecule has 1 heterocycles. The molecule has 0 spiro atoms. The van der Waals surface area contributed by atoms with E-state index in [-0.39, 0.29) is 5.91 Å². The predicted octanol–water partition coefficient (Wildman–Crippen LogP) is 4.74. The van der Waals surface area contributed by atoms with Crippen molar-refractivity contribution in [3.05, 3.63) is 58.1 Å². The van der Waals surface area contributed by atoms with Gasteiger partial charge in [0.05, 0.1) is 10.2 Å². The van der Waals surface area contributed by atoms with E-state index < -0.39 is 0 Å². The smallest absolute Gasteiger partial charge is 0.260 e. The first-order valence-corrected chi connectivity index (χ1v) is 9.99. The molecule has 0 aliphatic carbocycles. The average Bonchev–Trinajstić information content (AvgIpc) is 2.97. The third-order valence-electron chi connectivity index (χ3n) is 4.53. The van der Waals surface area contributed by atoms with E-state index in [1.807, 2.05) is 45.0 Å². The molecular formula is C22H27N3OS. The molecule has 4 nitrogen and oxygen atoms in total.